The first-order chi connectivity index (χ1) is 14.7. The molecular formula is C24H20N2O4. The standard InChI is InChI=1S/C24H20N2O4/c1-29-19-13-12-16-20(22(19)30-2)24(28)26-18-11-7-6-10-17(18)25(23(26)21(16)27)14-15-8-4-3-5-9-15/h3-13,23H,14H2,1-2H3. The van der Waals surface area contributed by atoms with Crippen LogP contribution in [0.25, 0.3) is 0 Å². The van der Waals surface area contributed by atoms with Crippen molar-refractivity contribution in [2.75, 3.05) is 24.0 Å². The van der Waals surface area contributed by atoms with Crippen molar-refractivity contribution in [1.29, 1.82) is 0 Å². The van der Waals surface area contributed by atoms with Gasteiger partial charge >= 0.3 is 0 Å². The third kappa shape index (κ3) is 2.50. The summed E-state index contributed by atoms with van der Waals surface area (Å²) < 4.78 is 10.8. The maximum Gasteiger partial charge on any atom is 0.265 e. The molecule has 30 heavy (non-hydrogen) atoms. The molecule has 2 aliphatic rings. The molecule has 0 aliphatic carbocycles. The van der Waals surface area contributed by atoms with Gasteiger partial charge in [-0.25, -0.2) is 0 Å². The number of rotatable bonds is 4. The lowest BCUT2D eigenvalue weighted by Gasteiger charge is -2.35. The van der Waals surface area contributed by atoms with Crippen molar-refractivity contribution in [2.45, 2.75) is 12.7 Å². The largest absolute Gasteiger partial charge is 0.493 e. The van der Waals surface area contributed by atoms with Gasteiger partial charge in [0.2, 0.25) is 5.78 Å². The number of hydrogen-bond acceptors (Lipinski definition) is 5. The number of nitrogens with zero attached hydrogens (tertiary/aromatic N) is 2. The van der Waals surface area contributed by atoms with Crippen molar-refractivity contribution in [3.05, 3.63) is 83.4 Å². The number of carbonyl (C=O) groups is 2. The molecule has 1 unspecified atom stereocenters. The second kappa shape index (κ2) is 6.91. The van der Waals surface area contributed by atoms with Crippen molar-refractivity contribution in [2.24, 2.45) is 0 Å². The second-order valence-corrected chi connectivity index (χ2v) is 7.24. The molecule has 6 nitrogen and oxygen atoms in total. The van der Waals surface area contributed by atoms with E-state index >= 15 is 0 Å². The molecule has 0 aromatic heterocycles. The smallest absolute Gasteiger partial charge is 0.265 e. The average Bonchev–Trinajstić information content (AvgIpc) is 3.11. The zero-order valence-corrected chi connectivity index (χ0v) is 16.7. The van der Waals surface area contributed by atoms with Crippen molar-refractivity contribution in [3.8, 4) is 11.5 Å². The molecule has 1 amide bonds. The highest BCUT2D eigenvalue weighted by Gasteiger charge is 2.50. The van der Waals surface area contributed by atoms with Crippen molar-refractivity contribution in [1.82, 2.24) is 0 Å². The molecule has 2 aliphatic heterocycles. The number of ketones is 1. The highest BCUT2D eigenvalue weighted by atomic mass is 16.5. The Kier molecular flexibility index (Phi) is 4.20. The van der Waals surface area contributed by atoms with Crippen molar-refractivity contribution < 1.29 is 19.1 Å². The topological polar surface area (TPSA) is 59.1 Å². The van der Waals surface area contributed by atoms with Crippen LogP contribution in [0.2, 0.25) is 0 Å². The molecule has 0 saturated carbocycles. The predicted molar refractivity (Wildman–Crippen MR) is 114 cm³/mol. The van der Waals surface area contributed by atoms with Crippen LogP contribution in [0.15, 0.2) is 66.7 Å². The van der Waals surface area contributed by atoms with Crippen LogP contribution in [0.3, 0.4) is 0 Å². The number of benzene rings is 3. The number of amides is 1. The van der Waals surface area contributed by atoms with Crippen LogP contribution in [0.4, 0.5) is 11.4 Å². The van der Waals surface area contributed by atoms with E-state index in [0.29, 0.717) is 23.5 Å². The Hall–Kier alpha value is -3.80. The summed E-state index contributed by atoms with van der Waals surface area (Å²) in [6.07, 6.45) is -0.735. The number of hydrogen-bond donors (Lipinski definition) is 0. The molecule has 5 rings (SSSR count). The van der Waals surface area contributed by atoms with Gasteiger partial charge in [0.25, 0.3) is 5.91 Å². The van der Waals surface area contributed by atoms with Gasteiger partial charge in [0.15, 0.2) is 17.7 Å². The summed E-state index contributed by atoms with van der Waals surface area (Å²) in [5, 5.41) is 0. The van der Waals surface area contributed by atoms with Gasteiger partial charge in [-0.05, 0) is 29.8 Å². The molecule has 1 atom stereocenters. The Morgan fingerprint density at radius 3 is 2.23 bits per heavy atom. The van der Waals surface area contributed by atoms with E-state index in [4.69, 9.17) is 9.47 Å². The van der Waals surface area contributed by atoms with E-state index in [-0.39, 0.29) is 23.0 Å². The lowest BCUT2D eigenvalue weighted by Crippen LogP contribution is -2.54. The molecule has 0 radical (unpaired) electrons. The minimum Gasteiger partial charge on any atom is -0.493 e. The van der Waals surface area contributed by atoms with E-state index in [9.17, 15) is 9.59 Å². The third-order valence-corrected chi connectivity index (χ3v) is 5.66. The average molecular weight is 400 g/mol. The summed E-state index contributed by atoms with van der Waals surface area (Å²) in [6.45, 7) is 0.515. The molecule has 6 heteroatoms. The number of fused-ring (bicyclic) bond motifs is 4. The molecule has 0 saturated heterocycles. The van der Waals surface area contributed by atoms with Crippen molar-refractivity contribution in [3.63, 3.8) is 0 Å². The second-order valence-electron chi connectivity index (χ2n) is 7.24. The number of anilines is 2. The minimum atomic E-state index is -0.735. The Balaban J connectivity index is 1.69. The first-order valence-electron chi connectivity index (χ1n) is 9.68. The first-order valence-corrected chi connectivity index (χ1v) is 9.68. The van der Waals surface area contributed by atoms with Crippen LogP contribution in [0.1, 0.15) is 26.3 Å². The van der Waals surface area contributed by atoms with Gasteiger partial charge in [0.1, 0.15) is 0 Å². The number of para-hydroxylation sites is 2. The zero-order chi connectivity index (χ0) is 20.8. The van der Waals surface area contributed by atoms with Crippen LogP contribution in [-0.4, -0.2) is 32.1 Å². The van der Waals surface area contributed by atoms with Crippen LogP contribution in [-0.2, 0) is 6.54 Å². The maximum atomic E-state index is 13.7. The molecule has 0 fully saturated rings. The summed E-state index contributed by atoms with van der Waals surface area (Å²) in [5.41, 5.74) is 3.23. The van der Waals surface area contributed by atoms with Gasteiger partial charge in [0.05, 0.1) is 31.2 Å². The molecule has 3 aromatic rings. The summed E-state index contributed by atoms with van der Waals surface area (Å²) >= 11 is 0. The maximum absolute atomic E-state index is 13.7. The summed E-state index contributed by atoms with van der Waals surface area (Å²) in [7, 11) is 2.98. The molecule has 3 aromatic carbocycles. The number of Topliss-reactive ketones (excluding diaryl/α,β-unsaturated/α-hetero) is 1. The van der Waals surface area contributed by atoms with E-state index in [0.717, 1.165) is 11.3 Å². The van der Waals surface area contributed by atoms with Crippen LogP contribution >= 0.6 is 0 Å². The molecule has 150 valence electrons. The molecular weight excluding hydrogens is 380 g/mol. The highest BCUT2D eigenvalue weighted by molar-refractivity contribution is 6.27. The monoisotopic (exact) mass is 400 g/mol. The lowest BCUT2D eigenvalue weighted by atomic mass is 9.94. The predicted octanol–water partition coefficient (Wildman–Crippen LogP) is 3.89. The van der Waals surface area contributed by atoms with E-state index < -0.39 is 6.17 Å². The van der Waals surface area contributed by atoms with Gasteiger partial charge in [0, 0.05) is 12.1 Å². The molecule has 0 bridgehead atoms. The van der Waals surface area contributed by atoms with Gasteiger partial charge in [-0.1, -0.05) is 42.5 Å². The summed E-state index contributed by atoms with van der Waals surface area (Å²) in [4.78, 5) is 30.9. The van der Waals surface area contributed by atoms with E-state index in [1.807, 2.05) is 59.5 Å². The van der Waals surface area contributed by atoms with Gasteiger partial charge in [-0.15, -0.1) is 0 Å². The van der Waals surface area contributed by atoms with Gasteiger partial charge in [-0.2, -0.15) is 0 Å². The van der Waals surface area contributed by atoms with Crippen molar-refractivity contribution >= 4 is 23.1 Å². The van der Waals surface area contributed by atoms with Gasteiger partial charge in [-0.3, -0.25) is 14.5 Å². The zero-order valence-electron chi connectivity index (χ0n) is 16.7. The minimum absolute atomic E-state index is 0.141. The van der Waals surface area contributed by atoms with Crippen LogP contribution in [0, 0.1) is 0 Å². The number of carbonyl (C=O) groups excluding carboxylic acids is 2. The Labute approximate surface area is 174 Å². The Bertz CT molecular complexity index is 1160. The highest BCUT2D eigenvalue weighted by Crippen LogP contribution is 2.47. The molecule has 0 spiro atoms. The van der Waals surface area contributed by atoms with Gasteiger partial charge < -0.3 is 14.4 Å². The lowest BCUT2D eigenvalue weighted by molar-refractivity contribution is 0.0869. The fourth-order valence-electron chi connectivity index (χ4n) is 4.35. The normalized spacial score (nSPS) is 16.8. The summed E-state index contributed by atoms with van der Waals surface area (Å²) in [5.74, 6) is 0.293. The molecule has 2 heterocycles. The molecule has 0 N–H and O–H groups in total. The Morgan fingerprint density at radius 1 is 0.833 bits per heavy atom. The summed E-state index contributed by atoms with van der Waals surface area (Å²) in [6, 6.07) is 20.9. The fraction of sp³-hybridized carbons (Fsp3) is 0.167. The van der Waals surface area contributed by atoms with Crippen LogP contribution in [0.5, 0.6) is 11.5 Å². The SMILES string of the molecule is COc1ccc2c(c1OC)C(=O)N1c3ccccc3N(Cc3ccccc3)C1C2=O. The third-order valence-electron chi connectivity index (χ3n) is 5.66. The van der Waals surface area contributed by atoms with E-state index in [1.165, 1.54) is 14.2 Å². The quantitative estimate of drug-likeness (QED) is 0.665. The first kappa shape index (κ1) is 18.2. The Morgan fingerprint density at radius 2 is 1.53 bits per heavy atom. The number of ether oxygens (including phenoxy) is 2. The van der Waals surface area contributed by atoms with Crippen LogP contribution < -0.4 is 19.3 Å². The fourth-order valence-corrected chi connectivity index (χ4v) is 4.35. The number of methoxy groups -OCH3 is 2. The van der Waals surface area contributed by atoms with E-state index in [1.54, 1.807) is 17.0 Å². The van der Waals surface area contributed by atoms with E-state index in [2.05, 4.69) is 0 Å².